The lowest BCUT2D eigenvalue weighted by Crippen LogP contribution is -2.60. The summed E-state index contributed by atoms with van der Waals surface area (Å²) < 4.78 is 0. The fourth-order valence-electron chi connectivity index (χ4n) is 5.03. The van der Waals surface area contributed by atoms with Gasteiger partial charge in [-0.2, -0.15) is 5.01 Å². The smallest absolute Gasteiger partial charge is 0.234 e. The van der Waals surface area contributed by atoms with Crippen LogP contribution in [-0.4, -0.2) is 58.9 Å². The average molecular weight is 470 g/mol. The maximum Gasteiger partial charge on any atom is 0.234 e. The van der Waals surface area contributed by atoms with Crippen molar-refractivity contribution in [2.75, 3.05) is 32.7 Å². The summed E-state index contributed by atoms with van der Waals surface area (Å²) in [6, 6.07) is 0. The van der Waals surface area contributed by atoms with Gasteiger partial charge in [0.25, 0.3) is 0 Å². The molecule has 0 radical (unpaired) electrons. The van der Waals surface area contributed by atoms with E-state index in [2.05, 4.69) is 17.2 Å². The van der Waals surface area contributed by atoms with Gasteiger partial charge in [-0.1, -0.05) is 129 Å². The summed E-state index contributed by atoms with van der Waals surface area (Å²) in [5.74, 6) is -1.76. The third-order valence-corrected chi connectivity index (χ3v) is 7.15. The van der Waals surface area contributed by atoms with Crippen molar-refractivity contribution in [2.45, 2.75) is 148 Å². The van der Waals surface area contributed by atoms with Crippen molar-refractivity contribution < 1.29 is 10.2 Å². The Morgan fingerprint density at radius 3 is 1.27 bits per heavy atom. The van der Waals surface area contributed by atoms with Crippen LogP contribution in [0.2, 0.25) is 0 Å². The van der Waals surface area contributed by atoms with Crippen molar-refractivity contribution in [1.29, 1.82) is 0 Å². The highest BCUT2D eigenvalue weighted by atomic mass is 16.5. The zero-order chi connectivity index (χ0) is 24.0. The summed E-state index contributed by atoms with van der Waals surface area (Å²) in [4.78, 5) is 0. The Morgan fingerprint density at radius 1 is 0.606 bits per heavy atom. The van der Waals surface area contributed by atoms with Gasteiger partial charge in [0.15, 0.2) is 0 Å². The van der Waals surface area contributed by atoms with Crippen LogP contribution < -0.4 is 5.32 Å². The molecule has 1 aliphatic heterocycles. The predicted octanol–water partition coefficient (Wildman–Crippen LogP) is 6.59. The summed E-state index contributed by atoms with van der Waals surface area (Å²) in [6.45, 7) is 8.00. The van der Waals surface area contributed by atoms with E-state index in [0.717, 1.165) is 39.1 Å². The Kier molecular flexibility index (Phi) is 19.7. The van der Waals surface area contributed by atoms with E-state index < -0.39 is 5.91 Å². The van der Waals surface area contributed by atoms with Crippen molar-refractivity contribution in [3.05, 3.63) is 0 Å². The van der Waals surface area contributed by atoms with Crippen LogP contribution in [0, 0.1) is 0 Å². The lowest BCUT2D eigenvalue weighted by atomic mass is 10.0. The highest BCUT2D eigenvalue weighted by molar-refractivity contribution is 4.70. The molecule has 5 heteroatoms. The monoisotopic (exact) mass is 469 g/mol. The number of hydrazine groups is 1. The quantitative estimate of drug-likeness (QED) is 0.116. The fourth-order valence-corrected chi connectivity index (χ4v) is 5.03. The minimum Gasteiger partial charge on any atom is -0.353 e. The minimum atomic E-state index is -1.76. The summed E-state index contributed by atoms with van der Waals surface area (Å²) in [7, 11) is 0. The third-order valence-electron chi connectivity index (χ3n) is 7.15. The zero-order valence-electron chi connectivity index (χ0n) is 22.5. The van der Waals surface area contributed by atoms with Crippen molar-refractivity contribution in [3.63, 3.8) is 0 Å². The molecule has 1 saturated heterocycles. The summed E-state index contributed by atoms with van der Waals surface area (Å²) in [5, 5.41) is 27.4. The number of piperazine rings is 1. The molecule has 33 heavy (non-hydrogen) atoms. The molecule has 3 N–H and O–H groups in total. The van der Waals surface area contributed by atoms with Gasteiger partial charge < -0.3 is 15.5 Å². The van der Waals surface area contributed by atoms with E-state index in [4.69, 9.17) is 0 Å². The number of rotatable bonds is 23. The molecule has 1 aliphatic rings. The molecule has 5 nitrogen and oxygen atoms in total. The van der Waals surface area contributed by atoms with Crippen LogP contribution in [0.25, 0.3) is 0 Å². The van der Waals surface area contributed by atoms with E-state index in [1.807, 2.05) is 0 Å². The summed E-state index contributed by atoms with van der Waals surface area (Å²) >= 11 is 0. The second-order valence-electron chi connectivity index (χ2n) is 10.5. The van der Waals surface area contributed by atoms with Crippen molar-refractivity contribution in [3.8, 4) is 0 Å². The van der Waals surface area contributed by atoms with Gasteiger partial charge in [-0.05, 0) is 6.42 Å². The van der Waals surface area contributed by atoms with Gasteiger partial charge in [0, 0.05) is 39.6 Å². The van der Waals surface area contributed by atoms with Crippen LogP contribution in [0.4, 0.5) is 0 Å². The maximum atomic E-state index is 10.1. The van der Waals surface area contributed by atoms with Gasteiger partial charge in [0.05, 0.1) is 0 Å². The first-order valence-corrected chi connectivity index (χ1v) is 14.7. The first kappa shape index (κ1) is 30.8. The standard InChI is InChI=1S/C28H59N3O2/c1-3-4-5-6-7-8-9-10-11-12-13-14-15-16-17-18-19-20-21-22-25-31(28(2,32)33)30-26-23-29-24-27-30/h29,32-33H,3-27H2,1-2H3. The maximum absolute atomic E-state index is 10.1. The van der Waals surface area contributed by atoms with E-state index in [9.17, 15) is 10.2 Å². The molecule has 0 aliphatic carbocycles. The number of nitrogens with zero attached hydrogens (tertiary/aromatic N) is 2. The number of unbranched alkanes of at least 4 members (excludes halogenated alkanes) is 19. The molecular formula is C28H59N3O2. The lowest BCUT2D eigenvalue weighted by Gasteiger charge is -2.43. The highest BCUT2D eigenvalue weighted by Crippen LogP contribution is 2.17. The molecular weight excluding hydrogens is 410 g/mol. The number of aliphatic hydroxyl groups is 2. The largest absolute Gasteiger partial charge is 0.353 e. The van der Waals surface area contributed by atoms with Crippen molar-refractivity contribution in [2.24, 2.45) is 0 Å². The fraction of sp³-hybridized carbons (Fsp3) is 1.00. The van der Waals surface area contributed by atoms with Gasteiger partial charge in [-0.25, -0.2) is 5.01 Å². The molecule has 0 saturated carbocycles. The van der Waals surface area contributed by atoms with Crippen LogP contribution in [0.15, 0.2) is 0 Å². The van der Waals surface area contributed by atoms with E-state index in [-0.39, 0.29) is 0 Å². The molecule has 198 valence electrons. The Labute approximate surface area is 206 Å². The zero-order valence-corrected chi connectivity index (χ0v) is 22.5. The average Bonchev–Trinajstić information content (AvgIpc) is 2.80. The Hall–Kier alpha value is -0.200. The van der Waals surface area contributed by atoms with Crippen LogP contribution >= 0.6 is 0 Å². The van der Waals surface area contributed by atoms with E-state index in [1.165, 1.54) is 129 Å². The Balaban J connectivity index is 1.82. The first-order chi connectivity index (χ1) is 16.1. The molecule has 1 fully saturated rings. The molecule has 0 unspecified atom stereocenters. The van der Waals surface area contributed by atoms with Gasteiger partial charge in [0.2, 0.25) is 5.91 Å². The predicted molar refractivity (Wildman–Crippen MR) is 142 cm³/mol. The van der Waals surface area contributed by atoms with Gasteiger partial charge in [-0.15, -0.1) is 0 Å². The van der Waals surface area contributed by atoms with E-state index in [1.54, 1.807) is 5.01 Å². The molecule has 1 heterocycles. The summed E-state index contributed by atoms with van der Waals surface area (Å²) in [6.07, 6.45) is 27.6. The lowest BCUT2D eigenvalue weighted by molar-refractivity contribution is -0.316. The Morgan fingerprint density at radius 2 is 0.939 bits per heavy atom. The van der Waals surface area contributed by atoms with E-state index >= 15 is 0 Å². The molecule has 0 atom stereocenters. The van der Waals surface area contributed by atoms with Gasteiger partial charge >= 0.3 is 0 Å². The van der Waals surface area contributed by atoms with Crippen LogP contribution in [0.5, 0.6) is 0 Å². The topological polar surface area (TPSA) is 59.0 Å². The second kappa shape index (κ2) is 21.1. The van der Waals surface area contributed by atoms with Crippen LogP contribution in [-0.2, 0) is 0 Å². The molecule has 1 rings (SSSR count). The van der Waals surface area contributed by atoms with Gasteiger partial charge in [-0.3, -0.25) is 0 Å². The number of hydrogen-bond acceptors (Lipinski definition) is 5. The summed E-state index contributed by atoms with van der Waals surface area (Å²) in [5.41, 5.74) is 0. The molecule has 0 aromatic heterocycles. The van der Waals surface area contributed by atoms with Crippen LogP contribution in [0.1, 0.15) is 142 Å². The number of nitrogens with one attached hydrogen (secondary N) is 1. The number of hydrogen-bond donors (Lipinski definition) is 3. The van der Waals surface area contributed by atoms with E-state index in [0.29, 0.717) is 0 Å². The second-order valence-corrected chi connectivity index (χ2v) is 10.5. The molecule has 0 spiro atoms. The molecule has 0 amide bonds. The van der Waals surface area contributed by atoms with Crippen molar-refractivity contribution in [1.82, 2.24) is 15.3 Å². The highest BCUT2D eigenvalue weighted by Gasteiger charge is 2.31. The third kappa shape index (κ3) is 17.8. The molecule has 0 aromatic carbocycles. The molecule has 0 bridgehead atoms. The Bertz CT molecular complexity index is 408. The van der Waals surface area contributed by atoms with Crippen LogP contribution in [0.3, 0.4) is 0 Å². The van der Waals surface area contributed by atoms with Crippen molar-refractivity contribution >= 4 is 0 Å². The molecule has 0 aromatic rings. The van der Waals surface area contributed by atoms with Gasteiger partial charge in [0.1, 0.15) is 0 Å². The SMILES string of the molecule is CCCCCCCCCCCCCCCCCCCCCCN(N1CCNCC1)C(C)(O)O. The normalized spacial score (nSPS) is 15.5. The minimum absolute atomic E-state index is 0.725. The first-order valence-electron chi connectivity index (χ1n) is 14.7.